The fraction of sp³-hybridized carbons (Fsp3) is 0.565. The SMILES string of the molecule is CC1(C)O[C@@H]([C@@H]2CC3=CC[C@H]4C(=O)OC(=O)[C@H]4[C@H]3O2)[C@H](COCc2ccccc2)O1. The van der Waals surface area contributed by atoms with Gasteiger partial charge in [0.05, 0.1) is 31.3 Å². The molecule has 0 radical (unpaired) electrons. The summed E-state index contributed by atoms with van der Waals surface area (Å²) >= 11 is 0. The molecule has 4 aliphatic rings. The highest BCUT2D eigenvalue weighted by Gasteiger charge is 2.56. The van der Waals surface area contributed by atoms with E-state index in [1.165, 1.54) is 0 Å². The van der Waals surface area contributed by atoms with Crippen molar-refractivity contribution in [2.24, 2.45) is 11.8 Å². The molecule has 1 aromatic carbocycles. The standard InChI is InChI=1S/C23H26O7/c1-23(2)29-17(12-26-11-13-6-4-3-5-7-13)20(30-23)16-10-14-8-9-15-18(19(14)27-16)22(25)28-21(15)24/h3-8,15-20H,9-12H2,1-2H3/t15-,16+,17+,18-,19+,20+/m1/s1. The molecule has 3 aliphatic heterocycles. The Morgan fingerprint density at radius 1 is 1.10 bits per heavy atom. The fourth-order valence-corrected chi connectivity index (χ4v) is 4.96. The lowest BCUT2D eigenvalue weighted by Crippen LogP contribution is -2.40. The van der Waals surface area contributed by atoms with Crippen molar-refractivity contribution in [3.8, 4) is 0 Å². The maximum atomic E-state index is 12.2. The zero-order valence-corrected chi connectivity index (χ0v) is 17.1. The van der Waals surface area contributed by atoms with Gasteiger partial charge in [0.25, 0.3) is 0 Å². The highest BCUT2D eigenvalue weighted by atomic mass is 16.8. The summed E-state index contributed by atoms with van der Waals surface area (Å²) in [6.45, 7) is 4.62. The summed E-state index contributed by atoms with van der Waals surface area (Å²) in [6.07, 6.45) is 1.88. The zero-order chi connectivity index (χ0) is 20.9. The summed E-state index contributed by atoms with van der Waals surface area (Å²) in [5.74, 6) is -2.66. The van der Waals surface area contributed by atoms with Gasteiger partial charge in [0.15, 0.2) is 5.79 Å². The third-order valence-corrected chi connectivity index (χ3v) is 6.28. The van der Waals surface area contributed by atoms with E-state index in [1.54, 1.807) is 0 Å². The van der Waals surface area contributed by atoms with Gasteiger partial charge >= 0.3 is 11.9 Å². The summed E-state index contributed by atoms with van der Waals surface area (Å²) < 4.78 is 29.3. The molecule has 1 aliphatic carbocycles. The van der Waals surface area contributed by atoms with Gasteiger partial charge in [-0.25, -0.2) is 0 Å². The second-order valence-corrected chi connectivity index (χ2v) is 8.83. The van der Waals surface area contributed by atoms with E-state index in [0.29, 0.717) is 26.1 Å². The number of hydrogen-bond acceptors (Lipinski definition) is 7. The van der Waals surface area contributed by atoms with Crippen LogP contribution in [0.1, 0.15) is 32.3 Å². The molecular formula is C23H26O7. The average Bonchev–Trinajstić information content (AvgIpc) is 3.35. The minimum Gasteiger partial charge on any atom is -0.393 e. The quantitative estimate of drug-likeness (QED) is 0.416. The molecule has 7 heteroatoms. The number of allylic oxidation sites excluding steroid dienone is 1. The van der Waals surface area contributed by atoms with Crippen LogP contribution in [-0.4, -0.2) is 48.7 Å². The molecule has 0 bridgehead atoms. The van der Waals surface area contributed by atoms with Gasteiger partial charge in [-0.05, 0) is 37.8 Å². The Morgan fingerprint density at radius 3 is 2.70 bits per heavy atom. The van der Waals surface area contributed by atoms with Crippen LogP contribution in [0, 0.1) is 11.8 Å². The van der Waals surface area contributed by atoms with Crippen molar-refractivity contribution in [1.29, 1.82) is 0 Å². The number of rotatable bonds is 5. The number of ether oxygens (including phenoxy) is 5. The van der Waals surface area contributed by atoms with E-state index >= 15 is 0 Å². The number of carbonyl (C=O) groups excluding carboxylic acids is 2. The van der Waals surface area contributed by atoms with E-state index in [1.807, 2.05) is 50.3 Å². The van der Waals surface area contributed by atoms with Crippen molar-refractivity contribution in [1.82, 2.24) is 0 Å². The Labute approximate surface area is 175 Å². The molecule has 0 N–H and O–H groups in total. The maximum Gasteiger partial charge on any atom is 0.320 e. The molecule has 30 heavy (non-hydrogen) atoms. The first-order valence-corrected chi connectivity index (χ1v) is 10.5. The van der Waals surface area contributed by atoms with Gasteiger partial charge in [0.1, 0.15) is 18.1 Å². The maximum absolute atomic E-state index is 12.2. The summed E-state index contributed by atoms with van der Waals surface area (Å²) in [5, 5.41) is 0. The van der Waals surface area contributed by atoms with Crippen molar-refractivity contribution in [2.75, 3.05) is 6.61 Å². The molecule has 7 nitrogen and oxygen atoms in total. The Morgan fingerprint density at radius 2 is 1.90 bits per heavy atom. The van der Waals surface area contributed by atoms with Gasteiger partial charge in [-0.15, -0.1) is 0 Å². The Kier molecular flexibility index (Phi) is 5.01. The first-order chi connectivity index (χ1) is 14.4. The predicted octanol–water partition coefficient (Wildman–Crippen LogP) is 2.53. The normalized spacial score (nSPS) is 36.9. The smallest absolute Gasteiger partial charge is 0.320 e. The molecule has 6 atom stereocenters. The molecule has 0 unspecified atom stereocenters. The Bertz CT molecular complexity index is 862. The second-order valence-electron chi connectivity index (χ2n) is 8.83. The first kappa shape index (κ1) is 19.9. The fourth-order valence-electron chi connectivity index (χ4n) is 4.96. The topological polar surface area (TPSA) is 80.3 Å². The van der Waals surface area contributed by atoms with E-state index in [-0.39, 0.29) is 18.3 Å². The van der Waals surface area contributed by atoms with Gasteiger partial charge in [-0.1, -0.05) is 36.4 Å². The summed E-state index contributed by atoms with van der Waals surface area (Å²) in [5.41, 5.74) is 2.14. The molecule has 5 rings (SSSR count). The number of cyclic esters (lactones) is 2. The molecule has 1 aromatic rings. The molecule has 0 spiro atoms. The van der Waals surface area contributed by atoms with Crippen LogP contribution in [-0.2, 0) is 39.9 Å². The van der Waals surface area contributed by atoms with Crippen LogP contribution in [0.2, 0.25) is 0 Å². The highest BCUT2D eigenvalue weighted by molar-refractivity contribution is 5.97. The van der Waals surface area contributed by atoms with Gasteiger partial charge < -0.3 is 23.7 Å². The van der Waals surface area contributed by atoms with Crippen LogP contribution in [0.25, 0.3) is 0 Å². The monoisotopic (exact) mass is 414 g/mol. The zero-order valence-electron chi connectivity index (χ0n) is 17.1. The molecule has 0 amide bonds. The lowest BCUT2D eigenvalue weighted by Gasteiger charge is -2.26. The lowest BCUT2D eigenvalue weighted by atomic mass is 9.79. The van der Waals surface area contributed by atoms with Crippen LogP contribution in [0.4, 0.5) is 0 Å². The van der Waals surface area contributed by atoms with Crippen molar-refractivity contribution < 1.29 is 33.3 Å². The summed E-state index contributed by atoms with van der Waals surface area (Å²) in [4.78, 5) is 24.1. The minimum absolute atomic E-state index is 0.268. The van der Waals surface area contributed by atoms with E-state index in [9.17, 15) is 9.59 Å². The Hall–Kier alpha value is -2.06. The van der Waals surface area contributed by atoms with Crippen molar-refractivity contribution >= 4 is 11.9 Å². The molecule has 3 fully saturated rings. The molecule has 3 saturated heterocycles. The van der Waals surface area contributed by atoms with Gasteiger partial charge in [-0.3, -0.25) is 9.59 Å². The lowest BCUT2D eigenvalue weighted by molar-refractivity contribution is -0.163. The summed E-state index contributed by atoms with van der Waals surface area (Å²) in [7, 11) is 0. The molecule has 0 aromatic heterocycles. The van der Waals surface area contributed by atoms with Crippen LogP contribution in [0.3, 0.4) is 0 Å². The number of benzene rings is 1. The van der Waals surface area contributed by atoms with E-state index < -0.39 is 35.7 Å². The third kappa shape index (κ3) is 3.60. The molecule has 3 heterocycles. The number of carbonyl (C=O) groups is 2. The van der Waals surface area contributed by atoms with Crippen LogP contribution in [0.15, 0.2) is 42.0 Å². The van der Waals surface area contributed by atoms with Crippen LogP contribution in [0.5, 0.6) is 0 Å². The minimum atomic E-state index is -0.748. The van der Waals surface area contributed by atoms with Crippen LogP contribution < -0.4 is 0 Å². The van der Waals surface area contributed by atoms with Gasteiger partial charge in [0.2, 0.25) is 0 Å². The predicted molar refractivity (Wildman–Crippen MR) is 104 cm³/mol. The van der Waals surface area contributed by atoms with Crippen molar-refractivity contribution in [2.45, 2.75) is 63.5 Å². The van der Waals surface area contributed by atoms with E-state index in [2.05, 4.69) is 0 Å². The van der Waals surface area contributed by atoms with Crippen molar-refractivity contribution in [3.05, 3.63) is 47.5 Å². The van der Waals surface area contributed by atoms with E-state index in [4.69, 9.17) is 23.7 Å². The van der Waals surface area contributed by atoms with Gasteiger partial charge in [-0.2, -0.15) is 0 Å². The number of fused-ring (bicyclic) bond motifs is 3. The third-order valence-electron chi connectivity index (χ3n) is 6.28. The van der Waals surface area contributed by atoms with Gasteiger partial charge in [0, 0.05) is 0 Å². The summed E-state index contributed by atoms with van der Waals surface area (Å²) in [6, 6.07) is 9.97. The molecule has 0 saturated carbocycles. The molecule has 160 valence electrons. The first-order valence-electron chi connectivity index (χ1n) is 10.5. The largest absolute Gasteiger partial charge is 0.393 e. The number of esters is 2. The average molecular weight is 414 g/mol. The second kappa shape index (κ2) is 7.57. The van der Waals surface area contributed by atoms with Crippen LogP contribution >= 0.6 is 0 Å². The highest BCUT2D eigenvalue weighted by Crippen LogP contribution is 2.46. The number of hydrogen-bond donors (Lipinski definition) is 0. The van der Waals surface area contributed by atoms with Crippen molar-refractivity contribution in [3.63, 3.8) is 0 Å². The Balaban J connectivity index is 1.27. The molecular weight excluding hydrogens is 388 g/mol. The van der Waals surface area contributed by atoms with E-state index in [0.717, 1.165) is 11.1 Å².